The third kappa shape index (κ3) is 3.71. The fraction of sp³-hybridized carbons (Fsp3) is 0.409. The molecule has 27 heavy (non-hydrogen) atoms. The first-order valence-electron chi connectivity index (χ1n) is 9.53. The highest BCUT2D eigenvalue weighted by Crippen LogP contribution is 2.40. The van der Waals surface area contributed by atoms with Gasteiger partial charge in [0.25, 0.3) is 0 Å². The van der Waals surface area contributed by atoms with Crippen molar-refractivity contribution in [3.05, 3.63) is 58.7 Å². The van der Waals surface area contributed by atoms with Crippen molar-refractivity contribution in [1.29, 1.82) is 0 Å². The number of nitrogens with zero attached hydrogens (tertiary/aromatic N) is 2. The monoisotopic (exact) mass is 384 g/mol. The SMILES string of the molecule is COc1cccnc1C(C)c1c(CCN2CC[C@@H](F)C2)sc2ccccc12. The van der Waals surface area contributed by atoms with Gasteiger partial charge in [-0.05, 0) is 42.0 Å². The lowest BCUT2D eigenvalue weighted by atomic mass is 9.93. The minimum Gasteiger partial charge on any atom is -0.495 e. The van der Waals surface area contributed by atoms with E-state index in [2.05, 4.69) is 41.1 Å². The summed E-state index contributed by atoms with van der Waals surface area (Å²) in [6.45, 7) is 4.55. The molecule has 1 aromatic carbocycles. The zero-order valence-electron chi connectivity index (χ0n) is 15.8. The van der Waals surface area contributed by atoms with Gasteiger partial charge in [-0.3, -0.25) is 9.88 Å². The molecule has 5 heteroatoms. The normalized spacial score (nSPS) is 18.9. The number of halogens is 1. The van der Waals surface area contributed by atoms with E-state index in [0.29, 0.717) is 13.0 Å². The van der Waals surface area contributed by atoms with E-state index in [-0.39, 0.29) is 5.92 Å². The highest BCUT2D eigenvalue weighted by Gasteiger charge is 2.25. The first-order chi connectivity index (χ1) is 13.2. The average molecular weight is 385 g/mol. The number of likely N-dealkylation sites (tertiary alicyclic amines) is 1. The number of aromatic nitrogens is 1. The lowest BCUT2D eigenvalue weighted by molar-refractivity contribution is 0.290. The third-order valence-electron chi connectivity index (χ3n) is 5.44. The van der Waals surface area contributed by atoms with E-state index in [1.54, 1.807) is 7.11 Å². The van der Waals surface area contributed by atoms with Crippen LogP contribution in [0.1, 0.15) is 35.4 Å². The van der Waals surface area contributed by atoms with E-state index in [1.165, 1.54) is 20.5 Å². The van der Waals surface area contributed by atoms with Crippen molar-refractivity contribution in [2.45, 2.75) is 31.9 Å². The molecular weight excluding hydrogens is 359 g/mol. The van der Waals surface area contributed by atoms with Crippen LogP contribution in [0.25, 0.3) is 10.1 Å². The number of thiophene rings is 1. The van der Waals surface area contributed by atoms with Crippen LogP contribution in [-0.2, 0) is 6.42 Å². The quantitative estimate of drug-likeness (QED) is 0.595. The lowest BCUT2D eigenvalue weighted by Crippen LogP contribution is -2.23. The molecule has 1 aliphatic heterocycles. The second-order valence-electron chi connectivity index (χ2n) is 7.18. The number of fused-ring (bicyclic) bond motifs is 1. The van der Waals surface area contributed by atoms with Crippen molar-refractivity contribution in [2.24, 2.45) is 0 Å². The van der Waals surface area contributed by atoms with E-state index in [0.717, 1.165) is 31.0 Å². The van der Waals surface area contributed by atoms with Gasteiger partial charge in [-0.1, -0.05) is 25.1 Å². The van der Waals surface area contributed by atoms with Crippen LogP contribution in [0, 0.1) is 0 Å². The molecule has 1 unspecified atom stereocenters. The molecule has 3 nitrogen and oxygen atoms in total. The molecule has 3 aromatic rings. The predicted octanol–water partition coefficient (Wildman–Crippen LogP) is 5.04. The molecule has 2 aromatic heterocycles. The summed E-state index contributed by atoms with van der Waals surface area (Å²) < 4.78 is 20.4. The van der Waals surface area contributed by atoms with Gasteiger partial charge in [0.15, 0.2) is 0 Å². The molecular formula is C22H25FN2OS. The van der Waals surface area contributed by atoms with E-state index in [1.807, 2.05) is 29.7 Å². The van der Waals surface area contributed by atoms with E-state index >= 15 is 0 Å². The molecule has 142 valence electrons. The molecule has 0 amide bonds. The Morgan fingerprint density at radius 2 is 2.15 bits per heavy atom. The number of hydrogen-bond donors (Lipinski definition) is 0. The van der Waals surface area contributed by atoms with Crippen LogP contribution < -0.4 is 4.74 Å². The highest BCUT2D eigenvalue weighted by atomic mass is 32.1. The summed E-state index contributed by atoms with van der Waals surface area (Å²) in [6, 6.07) is 12.4. The van der Waals surface area contributed by atoms with Crippen LogP contribution in [0.5, 0.6) is 5.75 Å². The Morgan fingerprint density at radius 1 is 1.30 bits per heavy atom. The van der Waals surface area contributed by atoms with Crippen LogP contribution in [0.15, 0.2) is 42.6 Å². The van der Waals surface area contributed by atoms with Crippen LogP contribution in [0.2, 0.25) is 0 Å². The number of pyridine rings is 1. The molecule has 1 fully saturated rings. The van der Waals surface area contributed by atoms with Crippen molar-refractivity contribution in [3.8, 4) is 5.75 Å². The number of ether oxygens (including phenoxy) is 1. The number of rotatable bonds is 6. The number of benzene rings is 1. The van der Waals surface area contributed by atoms with E-state index in [9.17, 15) is 4.39 Å². The Balaban J connectivity index is 1.69. The molecule has 1 aliphatic rings. The second kappa shape index (κ2) is 7.95. The summed E-state index contributed by atoms with van der Waals surface area (Å²) >= 11 is 1.86. The van der Waals surface area contributed by atoms with Gasteiger partial charge in [0.05, 0.1) is 12.8 Å². The summed E-state index contributed by atoms with van der Waals surface area (Å²) in [5.41, 5.74) is 2.30. The smallest absolute Gasteiger partial charge is 0.140 e. The average Bonchev–Trinajstić information content (AvgIpc) is 3.28. The fourth-order valence-corrected chi connectivity index (χ4v) is 5.35. The van der Waals surface area contributed by atoms with Crippen LogP contribution in [0.3, 0.4) is 0 Å². The molecule has 0 spiro atoms. The van der Waals surface area contributed by atoms with Crippen molar-refractivity contribution >= 4 is 21.4 Å². The summed E-state index contributed by atoms with van der Waals surface area (Å²) in [5.74, 6) is 0.964. The number of hydrogen-bond acceptors (Lipinski definition) is 4. The van der Waals surface area contributed by atoms with Gasteiger partial charge in [0.1, 0.15) is 11.9 Å². The summed E-state index contributed by atoms with van der Waals surface area (Å²) in [4.78, 5) is 8.24. The van der Waals surface area contributed by atoms with Gasteiger partial charge >= 0.3 is 0 Å². The maximum atomic E-state index is 13.5. The maximum Gasteiger partial charge on any atom is 0.140 e. The van der Waals surface area contributed by atoms with Crippen molar-refractivity contribution < 1.29 is 9.13 Å². The Morgan fingerprint density at radius 3 is 2.93 bits per heavy atom. The molecule has 1 saturated heterocycles. The van der Waals surface area contributed by atoms with Gasteiger partial charge < -0.3 is 4.74 Å². The van der Waals surface area contributed by atoms with Crippen LogP contribution in [-0.4, -0.2) is 42.8 Å². The van der Waals surface area contributed by atoms with E-state index in [4.69, 9.17) is 4.74 Å². The Kier molecular flexibility index (Phi) is 5.41. The Hall–Kier alpha value is -1.98. The molecule has 2 atom stereocenters. The molecule has 0 aliphatic carbocycles. The van der Waals surface area contributed by atoms with Crippen LogP contribution >= 0.6 is 11.3 Å². The number of methoxy groups -OCH3 is 1. The van der Waals surface area contributed by atoms with Crippen LogP contribution in [0.4, 0.5) is 4.39 Å². The predicted molar refractivity (Wildman–Crippen MR) is 110 cm³/mol. The van der Waals surface area contributed by atoms with E-state index < -0.39 is 6.17 Å². The second-order valence-corrected chi connectivity index (χ2v) is 8.32. The highest BCUT2D eigenvalue weighted by molar-refractivity contribution is 7.19. The lowest BCUT2D eigenvalue weighted by Gasteiger charge is -2.18. The summed E-state index contributed by atoms with van der Waals surface area (Å²) in [7, 11) is 1.70. The van der Waals surface area contributed by atoms with Gasteiger partial charge in [0, 0.05) is 41.3 Å². The minimum atomic E-state index is -0.663. The van der Waals surface area contributed by atoms with Crippen molar-refractivity contribution in [1.82, 2.24) is 9.88 Å². The van der Waals surface area contributed by atoms with Crippen molar-refractivity contribution in [3.63, 3.8) is 0 Å². The molecule has 0 N–H and O–H groups in total. The van der Waals surface area contributed by atoms with Gasteiger partial charge in [-0.2, -0.15) is 0 Å². The molecule has 3 heterocycles. The summed E-state index contributed by atoms with van der Waals surface area (Å²) in [6.07, 6.45) is 2.78. The first-order valence-corrected chi connectivity index (χ1v) is 10.3. The molecule has 0 saturated carbocycles. The molecule has 0 radical (unpaired) electrons. The first kappa shape index (κ1) is 18.4. The summed E-state index contributed by atoms with van der Waals surface area (Å²) in [5, 5.41) is 1.29. The topological polar surface area (TPSA) is 25.4 Å². The Labute approximate surface area is 163 Å². The number of alkyl halides is 1. The standard InChI is InChI=1S/C22H25FN2OS/c1-15(22-18(26-2)7-5-11-24-22)21-17-6-3-4-8-19(17)27-20(21)10-13-25-12-9-16(23)14-25/h3-8,11,15-16H,9-10,12-14H2,1-2H3/t15?,16-/m1/s1. The minimum absolute atomic E-state index is 0.139. The van der Waals surface area contributed by atoms with Crippen molar-refractivity contribution in [2.75, 3.05) is 26.7 Å². The molecule has 0 bridgehead atoms. The maximum absolute atomic E-state index is 13.5. The van der Waals surface area contributed by atoms with Gasteiger partial charge in [-0.25, -0.2) is 4.39 Å². The fourth-order valence-electron chi connectivity index (χ4n) is 4.06. The third-order valence-corrected chi connectivity index (χ3v) is 6.69. The van der Waals surface area contributed by atoms with Gasteiger partial charge in [-0.15, -0.1) is 11.3 Å². The zero-order chi connectivity index (χ0) is 18.8. The molecule has 4 rings (SSSR count). The largest absolute Gasteiger partial charge is 0.495 e. The zero-order valence-corrected chi connectivity index (χ0v) is 16.6. The van der Waals surface area contributed by atoms with Gasteiger partial charge in [0.2, 0.25) is 0 Å². The Bertz CT molecular complexity index is 926.